The van der Waals surface area contributed by atoms with E-state index >= 15 is 0 Å². The first-order valence-electron chi connectivity index (χ1n) is 5.62. The Kier molecular flexibility index (Phi) is 3.76. The van der Waals surface area contributed by atoms with Gasteiger partial charge in [-0.25, -0.2) is 0 Å². The van der Waals surface area contributed by atoms with Crippen molar-refractivity contribution in [1.82, 2.24) is 0 Å². The average Bonchev–Trinajstić information content (AvgIpc) is 2.54. The van der Waals surface area contributed by atoms with Gasteiger partial charge in [-0.3, -0.25) is 0 Å². The third kappa shape index (κ3) is 2.34. The van der Waals surface area contributed by atoms with Crippen LogP contribution in [0, 0.1) is 6.92 Å². The largest absolute Gasteiger partial charge is 0.489 e. The normalized spacial score (nSPS) is 16.5. The zero-order chi connectivity index (χ0) is 12.4. The van der Waals surface area contributed by atoms with Crippen molar-refractivity contribution in [3.05, 3.63) is 22.2 Å². The first kappa shape index (κ1) is 12.5. The van der Waals surface area contributed by atoms with E-state index in [1.165, 1.54) is 0 Å². The molecule has 2 rings (SSSR count). The second-order valence-corrected chi connectivity index (χ2v) is 4.43. The number of hydrogen-bond acceptors (Lipinski definition) is 4. The van der Waals surface area contributed by atoms with Crippen molar-refractivity contribution < 1.29 is 14.6 Å². The van der Waals surface area contributed by atoms with Crippen molar-refractivity contribution in [2.75, 3.05) is 19.8 Å². The van der Waals surface area contributed by atoms with Crippen LogP contribution in [0.25, 0.3) is 0 Å². The highest BCUT2D eigenvalue weighted by atomic mass is 35.5. The number of aliphatic hydroxyl groups is 1. The summed E-state index contributed by atoms with van der Waals surface area (Å²) in [6, 6.07) is 1.68. The van der Waals surface area contributed by atoms with Gasteiger partial charge in [-0.1, -0.05) is 11.6 Å². The van der Waals surface area contributed by atoms with Crippen molar-refractivity contribution in [3.8, 4) is 11.5 Å². The summed E-state index contributed by atoms with van der Waals surface area (Å²) in [5.41, 5.74) is 6.89. The van der Waals surface area contributed by atoms with Crippen LogP contribution in [0.1, 0.15) is 23.7 Å². The van der Waals surface area contributed by atoms with Gasteiger partial charge < -0.3 is 20.3 Å². The van der Waals surface area contributed by atoms with Crippen LogP contribution < -0.4 is 15.2 Å². The topological polar surface area (TPSA) is 64.7 Å². The van der Waals surface area contributed by atoms with Gasteiger partial charge in [-0.15, -0.1) is 0 Å². The lowest BCUT2D eigenvalue weighted by molar-refractivity contribution is 0.185. The number of hydrogen-bond donors (Lipinski definition) is 2. The van der Waals surface area contributed by atoms with E-state index in [2.05, 4.69) is 0 Å². The quantitative estimate of drug-likeness (QED) is 0.848. The Hall–Kier alpha value is -0.970. The first-order valence-corrected chi connectivity index (χ1v) is 5.99. The molecule has 0 saturated heterocycles. The lowest BCUT2D eigenvalue weighted by atomic mass is 10.0. The van der Waals surface area contributed by atoms with Gasteiger partial charge in [0.2, 0.25) is 0 Å². The Bertz CT molecular complexity index is 423. The van der Waals surface area contributed by atoms with E-state index < -0.39 is 6.10 Å². The molecule has 0 fully saturated rings. The molecule has 0 amide bonds. The highest BCUT2D eigenvalue weighted by Crippen LogP contribution is 2.41. The fraction of sp³-hybridized carbons (Fsp3) is 0.500. The summed E-state index contributed by atoms with van der Waals surface area (Å²) in [6.45, 7) is 3.20. The molecule has 1 aromatic rings. The molecule has 17 heavy (non-hydrogen) atoms. The molecule has 0 radical (unpaired) electrons. The minimum Gasteiger partial charge on any atom is -0.489 e. The number of ether oxygens (including phenoxy) is 2. The van der Waals surface area contributed by atoms with E-state index in [0.29, 0.717) is 35.3 Å². The third-order valence-corrected chi connectivity index (χ3v) is 3.15. The molecule has 5 heteroatoms. The first-order chi connectivity index (χ1) is 8.15. The van der Waals surface area contributed by atoms with E-state index in [-0.39, 0.29) is 6.54 Å². The predicted molar refractivity (Wildman–Crippen MR) is 65.8 cm³/mol. The van der Waals surface area contributed by atoms with Crippen molar-refractivity contribution in [1.29, 1.82) is 0 Å². The molecule has 0 saturated carbocycles. The summed E-state index contributed by atoms with van der Waals surface area (Å²) < 4.78 is 11.2. The molecule has 1 heterocycles. The molecule has 0 spiro atoms. The Morgan fingerprint density at radius 3 is 2.88 bits per heavy atom. The average molecular weight is 258 g/mol. The maximum absolute atomic E-state index is 9.86. The molecule has 1 atom stereocenters. The van der Waals surface area contributed by atoms with E-state index in [1.807, 2.05) is 6.92 Å². The second kappa shape index (κ2) is 5.12. The summed E-state index contributed by atoms with van der Waals surface area (Å²) in [4.78, 5) is 0. The lowest BCUT2D eigenvalue weighted by Gasteiger charge is -2.18. The second-order valence-electron chi connectivity index (χ2n) is 4.03. The summed E-state index contributed by atoms with van der Waals surface area (Å²) in [7, 11) is 0. The third-order valence-electron chi connectivity index (χ3n) is 2.83. The van der Waals surface area contributed by atoms with Crippen LogP contribution in [0.4, 0.5) is 0 Å². The monoisotopic (exact) mass is 257 g/mol. The smallest absolute Gasteiger partial charge is 0.164 e. The van der Waals surface area contributed by atoms with Gasteiger partial charge in [-0.2, -0.15) is 0 Å². The standard InChI is InChI=1S/C12H16ClNO3/c1-7-11(9(15)6-14)8(13)5-10-12(7)17-4-2-3-16-10/h5,9,15H,2-4,6,14H2,1H3. The fourth-order valence-electron chi connectivity index (χ4n) is 1.97. The fourth-order valence-corrected chi connectivity index (χ4v) is 2.34. The van der Waals surface area contributed by atoms with Gasteiger partial charge in [0.25, 0.3) is 0 Å². The molecule has 0 bridgehead atoms. The van der Waals surface area contributed by atoms with Crippen LogP contribution in [0.5, 0.6) is 11.5 Å². The Morgan fingerprint density at radius 1 is 1.47 bits per heavy atom. The van der Waals surface area contributed by atoms with Gasteiger partial charge in [0, 0.05) is 30.2 Å². The number of benzene rings is 1. The van der Waals surface area contributed by atoms with Crippen LogP contribution in [-0.2, 0) is 0 Å². The van der Waals surface area contributed by atoms with Gasteiger partial charge in [0.1, 0.15) is 0 Å². The summed E-state index contributed by atoms with van der Waals surface area (Å²) >= 11 is 6.14. The van der Waals surface area contributed by atoms with Gasteiger partial charge in [0.05, 0.1) is 24.3 Å². The molecule has 4 nitrogen and oxygen atoms in total. The summed E-state index contributed by atoms with van der Waals surface area (Å²) in [5.74, 6) is 1.30. The summed E-state index contributed by atoms with van der Waals surface area (Å²) in [6.07, 6.45) is 0.0557. The van der Waals surface area contributed by atoms with Crippen LogP contribution in [0.2, 0.25) is 5.02 Å². The minimum atomic E-state index is -0.778. The van der Waals surface area contributed by atoms with E-state index in [1.54, 1.807) is 6.07 Å². The SMILES string of the molecule is Cc1c2c(cc(Cl)c1C(O)CN)OCCCO2. The minimum absolute atomic E-state index is 0.125. The maximum atomic E-state index is 9.86. The Balaban J connectivity index is 2.52. The number of rotatable bonds is 2. The highest BCUT2D eigenvalue weighted by Gasteiger charge is 2.22. The molecular weight excluding hydrogens is 242 g/mol. The van der Waals surface area contributed by atoms with Crippen LogP contribution >= 0.6 is 11.6 Å². The molecule has 0 aromatic heterocycles. The Labute approximate surface area is 105 Å². The molecule has 1 aliphatic rings. The molecular formula is C12H16ClNO3. The summed E-state index contributed by atoms with van der Waals surface area (Å²) in [5, 5.41) is 10.3. The van der Waals surface area contributed by atoms with E-state index in [9.17, 15) is 5.11 Å². The zero-order valence-electron chi connectivity index (χ0n) is 9.70. The van der Waals surface area contributed by atoms with Gasteiger partial charge in [0.15, 0.2) is 11.5 Å². The van der Waals surface area contributed by atoms with Crippen molar-refractivity contribution in [2.24, 2.45) is 5.73 Å². The number of fused-ring (bicyclic) bond motifs is 1. The molecule has 1 aromatic carbocycles. The molecule has 0 aliphatic carbocycles. The van der Waals surface area contributed by atoms with Crippen LogP contribution in [0.3, 0.4) is 0 Å². The molecule has 94 valence electrons. The number of halogens is 1. The van der Waals surface area contributed by atoms with E-state index in [4.69, 9.17) is 26.8 Å². The van der Waals surface area contributed by atoms with Gasteiger partial charge >= 0.3 is 0 Å². The van der Waals surface area contributed by atoms with Crippen molar-refractivity contribution >= 4 is 11.6 Å². The van der Waals surface area contributed by atoms with Crippen molar-refractivity contribution in [2.45, 2.75) is 19.4 Å². The predicted octanol–water partition coefficient (Wildman–Crippen LogP) is 1.80. The van der Waals surface area contributed by atoms with Crippen molar-refractivity contribution in [3.63, 3.8) is 0 Å². The Morgan fingerprint density at radius 2 is 2.18 bits per heavy atom. The highest BCUT2D eigenvalue weighted by molar-refractivity contribution is 6.31. The number of aliphatic hydroxyl groups excluding tert-OH is 1. The van der Waals surface area contributed by atoms with Crippen LogP contribution in [-0.4, -0.2) is 24.9 Å². The van der Waals surface area contributed by atoms with Gasteiger partial charge in [-0.05, 0) is 6.92 Å². The van der Waals surface area contributed by atoms with E-state index in [0.717, 1.165) is 12.0 Å². The zero-order valence-corrected chi connectivity index (χ0v) is 10.5. The number of nitrogens with two attached hydrogens (primary N) is 1. The molecule has 1 unspecified atom stereocenters. The lowest BCUT2D eigenvalue weighted by Crippen LogP contribution is -2.14. The molecule has 3 N–H and O–H groups in total. The maximum Gasteiger partial charge on any atom is 0.164 e. The van der Waals surface area contributed by atoms with Crippen LogP contribution in [0.15, 0.2) is 6.07 Å². The molecule has 1 aliphatic heterocycles.